The van der Waals surface area contributed by atoms with Gasteiger partial charge in [-0.2, -0.15) is 0 Å². The Balaban J connectivity index is 1.82. The minimum Gasteiger partial charge on any atom is -0.478 e. The van der Waals surface area contributed by atoms with Crippen molar-refractivity contribution in [3.8, 4) is 0 Å². The number of hydrogen-bond acceptors (Lipinski definition) is 4. The normalized spacial score (nSPS) is 16.8. The first-order chi connectivity index (χ1) is 9.22. The zero-order valence-electron chi connectivity index (χ0n) is 10.5. The van der Waals surface area contributed by atoms with E-state index in [1.54, 1.807) is 18.3 Å². The summed E-state index contributed by atoms with van der Waals surface area (Å²) in [5.41, 5.74) is 1.93. The molecule has 1 fully saturated rings. The molecule has 1 saturated heterocycles. The molecule has 19 heavy (non-hydrogen) atoms. The first-order valence-corrected chi connectivity index (χ1v) is 6.36. The van der Waals surface area contributed by atoms with Gasteiger partial charge in [-0.15, -0.1) is 0 Å². The zero-order chi connectivity index (χ0) is 13.2. The second-order valence-electron chi connectivity index (χ2n) is 4.74. The number of nitrogens with one attached hydrogen (secondary N) is 1. The highest BCUT2D eigenvalue weighted by Crippen LogP contribution is 2.10. The molecule has 6 nitrogen and oxygen atoms in total. The number of carboxylic acids is 1. The molecule has 0 aromatic carbocycles. The van der Waals surface area contributed by atoms with Gasteiger partial charge in [0.1, 0.15) is 5.65 Å². The Hall–Kier alpha value is -1.92. The van der Waals surface area contributed by atoms with Crippen molar-refractivity contribution >= 4 is 11.6 Å². The predicted molar refractivity (Wildman–Crippen MR) is 70.3 cm³/mol. The first-order valence-electron chi connectivity index (χ1n) is 6.36. The molecular weight excluding hydrogens is 244 g/mol. The van der Waals surface area contributed by atoms with E-state index < -0.39 is 5.97 Å². The van der Waals surface area contributed by atoms with Crippen molar-refractivity contribution in [2.75, 3.05) is 26.2 Å². The fourth-order valence-corrected chi connectivity index (χ4v) is 2.34. The maximum Gasteiger partial charge on any atom is 0.335 e. The minimum absolute atomic E-state index is 0.270. The highest BCUT2D eigenvalue weighted by molar-refractivity contribution is 5.88. The van der Waals surface area contributed by atoms with E-state index in [0.717, 1.165) is 38.4 Å². The Labute approximate surface area is 110 Å². The molecule has 0 saturated carbocycles. The number of carboxylic acid groups (broad SMARTS) is 1. The van der Waals surface area contributed by atoms with Crippen molar-refractivity contribution in [2.24, 2.45) is 0 Å². The van der Waals surface area contributed by atoms with E-state index in [2.05, 4.69) is 15.2 Å². The number of pyridine rings is 1. The smallest absolute Gasteiger partial charge is 0.335 e. The van der Waals surface area contributed by atoms with Crippen LogP contribution in [0.4, 0.5) is 0 Å². The molecule has 100 valence electrons. The van der Waals surface area contributed by atoms with Crippen LogP contribution in [0, 0.1) is 0 Å². The van der Waals surface area contributed by atoms with E-state index in [4.69, 9.17) is 5.11 Å². The second kappa shape index (κ2) is 4.99. The van der Waals surface area contributed by atoms with Gasteiger partial charge in [0.2, 0.25) is 0 Å². The summed E-state index contributed by atoms with van der Waals surface area (Å²) in [5, 5.41) is 12.3. The summed E-state index contributed by atoms with van der Waals surface area (Å²) in [4.78, 5) is 17.7. The van der Waals surface area contributed by atoms with Gasteiger partial charge in [-0.3, -0.25) is 4.90 Å². The number of rotatable bonds is 3. The molecule has 0 aliphatic carbocycles. The second-order valence-corrected chi connectivity index (χ2v) is 4.74. The summed E-state index contributed by atoms with van der Waals surface area (Å²) < 4.78 is 1.87. The van der Waals surface area contributed by atoms with Crippen molar-refractivity contribution < 1.29 is 9.90 Å². The van der Waals surface area contributed by atoms with Crippen molar-refractivity contribution in [1.82, 2.24) is 19.6 Å². The number of aromatic carboxylic acids is 1. The fraction of sp³-hybridized carbons (Fsp3) is 0.385. The Morgan fingerprint density at radius 3 is 2.95 bits per heavy atom. The summed E-state index contributed by atoms with van der Waals surface area (Å²) in [6.07, 6.45) is 3.70. The number of nitrogens with zero attached hydrogens (tertiary/aromatic N) is 3. The average molecular weight is 260 g/mol. The Kier molecular flexibility index (Phi) is 3.18. The third-order valence-electron chi connectivity index (χ3n) is 3.35. The van der Waals surface area contributed by atoms with E-state index in [0.29, 0.717) is 5.65 Å². The number of fused-ring (bicyclic) bond motifs is 1. The van der Waals surface area contributed by atoms with E-state index in [1.807, 2.05) is 10.6 Å². The number of aromatic nitrogens is 2. The Morgan fingerprint density at radius 1 is 1.42 bits per heavy atom. The quantitative estimate of drug-likeness (QED) is 0.838. The molecule has 6 heteroatoms. The number of piperazine rings is 1. The largest absolute Gasteiger partial charge is 0.478 e. The molecular formula is C13H16N4O2. The maximum absolute atomic E-state index is 10.9. The molecule has 2 aromatic rings. The van der Waals surface area contributed by atoms with Gasteiger partial charge in [0.25, 0.3) is 0 Å². The molecule has 1 aliphatic heterocycles. The number of hydrogen-bond donors (Lipinski definition) is 2. The highest BCUT2D eigenvalue weighted by atomic mass is 16.4. The van der Waals surface area contributed by atoms with E-state index in [9.17, 15) is 4.79 Å². The van der Waals surface area contributed by atoms with Crippen LogP contribution < -0.4 is 5.32 Å². The zero-order valence-corrected chi connectivity index (χ0v) is 10.5. The minimum atomic E-state index is -0.922. The van der Waals surface area contributed by atoms with Crippen molar-refractivity contribution in [1.29, 1.82) is 0 Å². The SMILES string of the molecule is O=C(O)c1ccn2cc(CN3CCNCC3)nc2c1. The molecule has 2 aromatic heterocycles. The maximum atomic E-state index is 10.9. The lowest BCUT2D eigenvalue weighted by Crippen LogP contribution is -2.42. The van der Waals surface area contributed by atoms with Crippen LogP contribution in [-0.2, 0) is 6.54 Å². The summed E-state index contributed by atoms with van der Waals surface area (Å²) >= 11 is 0. The summed E-state index contributed by atoms with van der Waals surface area (Å²) in [7, 11) is 0. The number of carbonyl (C=O) groups is 1. The van der Waals surface area contributed by atoms with E-state index >= 15 is 0 Å². The lowest BCUT2D eigenvalue weighted by Gasteiger charge is -2.26. The molecule has 0 radical (unpaired) electrons. The third kappa shape index (κ3) is 2.59. The van der Waals surface area contributed by atoms with Gasteiger partial charge in [-0.25, -0.2) is 9.78 Å². The Morgan fingerprint density at radius 2 is 2.21 bits per heavy atom. The standard InChI is InChI=1S/C13H16N4O2/c18-13(19)10-1-4-17-9-11(15-12(17)7-10)8-16-5-2-14-3-6-16/h1,4,7,9,14H,2-3,5-6,8H2,(H,18,19). The fourth-order valence-electron chi connectivity index (χ4n) is 2.34. The van der Waals surface area contributed by atoms with Gasteiger partial charge < -0.3 is 14.8 Å². The molecule has 3 rings (SSSR count). The summed E-state index contributed by atoms with van der Waals surface area (Å²) in [6, 6.07) is 3.19. The Bertz CT molecular complexity index is 602. The van der Waals surface area contributed by atoms with Crippen LogP contribution in [0.5, 0.6) is 0 Å². The topological polar surface area (TPSA) is 69.9 Å². The molecule has 0 atom stereocenters. The third-order valence-corrected chi connectivity index (χ3v) is 3.35. The van der Waals surface area contributed by atoms with Gasteiger partial charge in [-0.1, -0.05) is 0 Å². The van der Waals surface area contributed by atoms with Crippen LogP contribution >= 0.6 is 0 Å². The summed E-state index contributed by atoms with van der Waals surface area (Å²) in [6.45, 7) is 4.88. The van der Waals surface area contributed by atoms with Crippen LogP contribution in [0.1, 0.15) is 16.1 Å². The van der Waals surface area contributed by atoms with Crippen LogP contribution in [0.25, 0.3) is 5.65 Å². The van der Waals surface area contributed by atoms with Crippen LogP contribution in [0.2, 0.25) is 0 Å². The van der Waals surface area contributed by atoms with E-state index in [-0.39, 0.29) is 5.56 Å². The molecule has 0 amide bonds. The molecule has 3 heterocycles. The van der Waals surface area contributed by atoms with E-state index in [1.165, 1.54) is 0 Å². The first kappa shape index (κ1) is 12.1. The molecule has 0 bridgehead atoms. The molecule has 0 spiro atoms. The molecule has 1 aliphatic rings. The number of imidazole rings is 1. The molecule has 2 N–H and O–H groups in total. The van der Waals surface area contributed by atoms with Crippen molar-refractivity contribution in [3.63, 3.8) is 0 Å². The van der Waals surface area contributed by atoms with Gasteiger partial charge in [0.05, 0.1) is 11.3 Å². The lowest BCUT2D eigenvalue weighted by atomic mass is 10.3. The monoisotopic (exact) mass is 260 g/mol. The van der Waals surface area contributed by atoms with Gasteiger partial charge >= 0.3 is 5.97 Å². The van der Waals surface area contributed by atoms with Crippen molar-refractivity contribution in [2.45, 2.75) is 6.54 Å². The van der Waals surface area contributed by atoms with Gasteiger partial charge in [0, 0.05) is 45.1 Å². The lowest BCUT2D eigenvalue weighted by molar-refractivity contribution is 0.0697. The van der Waals surface area contributed by atoms with Crippen LogP contribution in [0.15, 0.2) is 24.5 Å². The average Bonchev–Trinajstić information content (AvgIpc) is 2.80. The van der Waals surface area contributed by atoms with Gasteiger partial charge in [-0.05, 0) is 12.1 Å². The predicted octanol–water partition coefficient (Wildman–Crippen LogP) is 0.438. The van der Waals surface area contributed by atoms with Crippen LogP contribution in [0.3, 0.4) is 0 Å². The van der Waals surface area contributed by atoms with Gasteiger partial charge in [0.15, 0.2) is 0 Å². The molecule has 0 unspecified atom stereocenters. The van der Waals surface area contributed by atoms with Crippen LogP contribution in [-0.4, -0.2) is 51.5 Å². The van der Waals surface area contributed by atoms with Crippen molar-refractivity contribution in [3.05, 3.63) is 35.8 Å². The summed E-state index contributed by atoms with van der Waals surface area (Å²) in [5.74, 6) is -0.922. The highest BCUT2D eigenvalue weighted by Gasteiger charge is 2.12.